The zero-order chi connectivity index (χ0) is 17.9. The molecule has 0 N–H and O–H groups in total. The molecule has 0 bridgehead atoms. The number of amides is 1. The number of imidazole rings is 1. The number of ether oxygens (including phenoxy) is 1. The van der Waals surface area contributed by atoms with Gasteiger partial charge in [-0.25, -0.2) is 9.50 Å². The molecule has 6 nitrogen and oxygen atoms in total. The van der Waals surface area contributed by atoms with E-state index in [0.29, 0.717) is 38.4 Å². The van der Waals surface area contributed by atoms with E-state index in [1.165, 1.54) is 4.90 Å². The van der Waals surface area contributed by atoms with Crippen molar-refractivity contribution >= 4 is 11.6 Å². The maximum absolute atomic E-state index is 12.2. The Morgan fingerprint density at radius 1 is 1.28 bits per heavy atom. The summed E-state index contributed by atoms with van der Waals surface area (Å²) in [7, 11) is 0. The summed E-state index contributed by atoms with van der Waals surface area (Å²) >= 11 is 0. The van der Waals surface area contributed by atoms with Gasteiger partial charge < -0.3 is 9.64 Å². The molecule has 9 heteroatoms. The summed E-state index contributed by atoms with van der Waals surface area (Å²) in [5.41, 5.74) is 0.734. The van der Waals surface area contributed by atoms with Crippen molar-refractivity contribution in [3.63, 3.8) is 0 Å². The lowest BCUT2D eigenvalue weighted by Gasteiger charge is -2.32. The number of hydrogen-bond acceptors (Lipinski definition) is 4. The molecule has 3 rings (SSSR count). The molecule has 1 saturated heterocycles. The van der Waals surface area contributed by atoms with E-state index in [0.717, 1.165) is 5.65 Å². The standard InChI is InChI=1S/C16H19F3N4O2/c17-16(18,19)6-3-15(24)22-8-4-12(5-9-22)11-25-14-2-1-13-20-7-10-23(13)21-14/h1-2,7,10,12H,3-6,8-9,11H2. The Labute approximate surface area is 142 Å². The molecule has 1 aliphatic heterocycles. The van der Waals surface area contributed by atoms with E-state index in [9.17, 15) is 18.0 Å². The Hall–Kier alpha value is -2.32. The van der Waals surface area contributed by atoms with E-state index < -0.39 is 24.9 Å². The van der Waals surface area contributed by atoms with E-state index in [1.54, 1.807) is 23.0 Å². The van der Waals surface area contributed by atoms with E-state index >= 15 is 0 Å². The lowest BCUT2D eigenvalue weighted by molar-refractivity contribution is -0.149. The number of carbonyl (C=O) groups is 1. The fraction of sp³-hybridized carbons (Fsp3) is 0.562. The number of hydrogen-bond donors (Lipinski definition) is 0. The van der Waals surface area contributed by atoms with Gasteiger partial charge in [0.2, 0.25) is 11.8 Å². The van der Waals surface area contributed by atoms with Gasteiger partial charge in [0, 0.05) is 38.0 Å². The molecule has 2 aromatic heterocycles. The third-order valence-corrected chi connectivity index (χ3v) is 4.29. The largest absolute Gasteiger partial charge is 0.476 e. The maximum Gasteiger partial charge on any atom is 0.389 e. The number of nitrogens with zero attached hydrogens (tertiary/aromatic N) is 4. The van der Waals surface area contributed by atoms with Crippen molar-refractivity contribution in [2.24, 2.45) is 5.92 Å². The van der Waals surface area contributed by atoms with Gasteiger partial charge in [0.25, 0.3) is 0 Å². The van der Waals surface area contributed by atoms with Crippen molar-refractivity contribution in [2.75, 3.05) is 19.7 Å². The first-order chi connectivity index (χ1) is 11.9. The van der Waals surface area contributed by atoms with Crippen LogP contribution in [-0.4, -0.2) is 51.3 Å². The second-order valence-electron chi connectivity index (χ2n) is 6.15. The van der Waals surface area contributed by atoms with E-state index in [1.807, 2.05) is 6.07 Å². The average molecular weight is 356 g/mol. The summed E-state index contributed by atoms with van der Waals surface area (Å²) in [6, 6.07) is 3.56. The second-order valence-corrected chi connectivity index (χ2v) is 6.15. The number of fused-ring (bicyclic) bond motifs is 1. The van der Waals surface area contributed by atoms with Gasteiger partial charge in [-0.15, -0.1) is 5.10 Å². The highest BCUT2D eigenvalue weighted by atomic mass is 19.4. The topological polar surface area (TPSA) is 59.7 Å². The number of halogens is 3. The summed E-state index contributed by atoms with van der Waals surface area (Å²) in [5, 5.41) is 4.27. The highest BCUT2D eigenvalue weighted by Gasteiger charge is 2.30. The molecule has 0 aliphatic carbocycles. The van der Waals surface area contributed by atoms with Gasteiger partial charge in [-0.1, -0.05) is 0 Å². The highest BCUT2D eigenvalue weighted by Crippen LogP contribution is 2.24. The zero-order valence-corrected chi connectivity index (χ0v) is 13.6. The predicted molar refractivity (Wildman–Crippen MR) is 83.1 cm³/mol. The fourth-order valence-corrected chi connectivity index (χ4v) is 2.83. The Balaban J connectivity index is 1.42. The third kappa shape index (κ3) is 4.83. The molecule has 1 aliphatic rings. The molecule has 0 atom stereocenters. The monoisotopic (exact) mass is 356 g/mol. The molecule has 0 aromatic carbocycles. The summed E-state index contributed by atoms with van der Waals surface area (Å²) < 4.78 is 43.9. The predicted octanol–water partition coefficient (Wildman–Crippen LogP) is 2.69. The van der Waals surface area contributed by atoms with Crippen LogP contribution in [0.2, 0.25) is 0 Å². The molecule has 2 aromatic rings. The zero-order valence-electron chi connectivity index (χ0n) is 13.6. The smallest absolute Gasteiger partial charge is 0.389 e. The van der Waals surface area contributed by atoms with Crippen LogP contribution in [0.1, 0.15) is 25.7 Å². The normalized spacial score (nSPS) is 16.4. The SMILES string of the molecule is O=C(CCC(F)(F)F)N1CCC(COc2ccc3nccn3n2)CC1. The maximum atomic E-state index is 12.2. The first-order valence-corrected chi connectivity index (χ1v) is 8.18. The van der Waals surface area contributed by atoms with Crippen LogP contribution in [0.3, 0.4) is 0 Å². The van der Waals surface area contributed by atoms with Crippen molar-refractivity contribution in [3.8, 4) is 5.88 Å². The number of piperidine rings is 1. The Bertz CT molecular complexity index is 723. The van der Waals surface area contributed by atoms with Crippen molar-refractivity contribution < 1.29 is 22.7 Å². The van der Waals surface area contributed by atoms with Crippen LogP contribution in [0.15, 0.2) is 24.5 Å². The van der Waals surface area contributed by atoms with E-state index in [4.69, 9.17) is 4.74 Å². The van der Waals surface area contributed by atoms with Crippen molar-refractivity contribution in [1.29, 1.82) is 0 Å². The molecule has 0 saturated carbocycles. The molecule has 0 spiro atoms. The fourth-order valence-electron chi connectivity index (χ4n) is 2.83. The summed E-state index contributed by atoms with van der Waals surface area (Å²) in [6.07, 6.45) is -1.01. The van der Waals surface area contributed by atoms with Gasteiger partial charge in [-0.05, 0) is 24.8 Å². The van der Waals surface area contributed by atoms with Gasteiger partial charge in [-0.3, -0.25) is 4.79 Å². The van der Waals surface area contributed by atoms with Gasteiger partial charge in [0.15, 0.2) is 5.65 Å². The summed E-state index contributed by atoms with van der Waals surface area (Å²) in [6.45, 7) is 1.41. The number of carbonyl (C=O) groups excluding carboxylic acids is 1. The Morgan fingerprint density at radius 3 is 2.76 bits per heavy atom. The number of alkyl halides is 3. The van der Waals surface area contributed by atoms with Crippen LogP contribution in [0.25, 0.3) is 5.65 Å². The molecule has 3 heterocycles. The summed E-state index contributed by atoms with van der Waals surface area (Å²) in [4.78, 5) is 17.4. The van der Waals surface area contributed by atoms with Crippen molar-refractivity contribution in [3.05, 3.63) is 24.5 Å². The number of likely N-dealkylation sites (tertiary alicyclic amines) is 1. The van der Waals surface area contributed by atoms with Crippen LogP contribution >= 0.6 is 0 Å². The molecular formula is C16H19F3N4O2. The third-order valence-electron chi connectivity index (χ3n) is 4.29. The number of aromatic nitrogens is 3. The quantitative estimate of drug-likeness (QED) is 0.827. The van der Waals surface area contributed by atoms with Crippen LogP contribution in [0.5, 0.6) is 5.88 Å². The van der Waals surface area contributed by atoms with Crippen molar-refractivity contribution in [1.82, 2.24) is 19.5 Å². The van der Waals surface area contributed by atoms with Crippen LogP contribution in [0, 0.1) is 5.92 Å². The first kappa shape index (κ1) is 17.5. The van der Waals surface area contributed by atoms with E-state index in [2.05, 4.69) is 10.1 Å². The van der Waals surface area contributed by atoms with Gasteiger partial charge in [-0.2, -0.15) is 13.2 Å². The summed E-state index contributed by atoms with van der Waals surface area (Å²) in [5.74, 6) is 0.324. The Morgan fingerprint density at radius 2 is 2.04 bits per heavy atom. The van der Waals surface area contributed by atoms with Gasteiger partial charge in [0.1, 0.15) is 0 Å². The van der Waals surface area contributed by atoms with Crippen molar-refractivity contribution in [2.45, 2.75) is 31.9 Å². The molecule has 1 fully saturated rings. The minimum Gasteiger partial charge on any atom is -0.476 e. The molecule has 136 valence electrons. The van der Waals surface area contributed by atoms with Crippen LogP contribution < -0.4 is 4.74 Å². The Kier molecular flexibility index (Phi) is 5.10. The van der Waals surface area contributed by atoms with Gasteiger partial charge in [0.05, 0.1) is 13.0 Å². The lowest BCUT2D eigenvalue weighted by atomic mass is 9.97. The molecular weight excluding hydrogens is 337 g/mol. The minimum atomic E-state index is -4.29. The number of rotatable bonds is 5. The van der Waals surface area contributed by atoms with E-state index in [-0.39, 0.29) is 5.92 Å². The second kappa shape index (κ2) is 7.28. The minimum absolute atomic E-state index is 0.256. The molecule has 25 heavy (non-hydrogen) atoms. The average Bonchev–Trinajstić information content (AvgIpc) is 3.05. The first-order valence-electron chi connectivity index (χ1n) is 8.18. The van der Waals surface area contributed by atoms with Gasteiger partial charge >= 0.3 is 6.18 Å². The molecule has 1 amide bonds. The highest BCUT2D eigenvalue weighted by molar-refractivity contribution is 5.76. The lowest BCUT2D eigenvalue weighted by Crippen LogP contribution is -2.40. The molecule has 0 unspecified atom stereocenters. The molecule has 0 radical (unpaired) electrons. The van der Waals surface area contributed by atoms with Crippen LogP contribution in [-0.2, 0) is 4.79 Å². The van der Waals surface area contributed by atoms with Crippen LogP contribution in [0.4, 0.5) is 13.2 Å².